The lowest BCUT2D eigenvalue weighted by molar-refractivity contribution is 0.997. The molecule has 0 N–H and O–H groups in total. The van der Waals surface area contributed by atoms with E-state index in [1.54, 1.807) is 0 Å². The van der Waals surface area contributed by atoms with Crippen molar-refractivity contribution in [2.45, 2.75) is 19.8 Å². The molecule has 0 saturated carbocycles. The number of hydrogen-bond acceptors (Lipinski definition) is 1. The maximum Gasteiger partial charge on any atom is 0.0305 e. The maximum atomic E-state index is 4.09. The summed E-state index contributed by atoms with van der Waals surface area (Å²) in [6.45, 7) is 2.18. The number of nitrogens with zero attached hydrogens (tertiary/aromatic N) is 1. The van der Waals surface area contributed by atoms with Crippen LogP contribution in [0.2, 0.25) is 0 Å². The molecule has 2 rings (SSSR count). The molecule has 1 nitrogen and oxygen atoms in total. The molecule has 0 amide bonds. The standard InChI is InChI=1S/C10H11N/c1-8-2-3-10-7-11-5-4-9(10)6-8/h2,4-5,7H,3,6H2,1H3. The van der Waals surface area contributed by atoms with Gasteiger partial charge in [0.2, 0.25) is 0 Å². The molecule has 11 heavy (non-hydrogen) atoms. The Balaban J connectivity index is 2.42. The third-order valence-corrected chi connectivity index (χ3v) is 2.14. The molecule has 1 aromatic heterocycles. The van der Waals surface area contributed by atoms with Crippen LogP contribution in [0.15, 0.2) is 30.1 Å². The van der Waals surface area contributed by atoms with Gasteiger partial charge in [0.05, 0.1) is 0 Å². The maximum absolute atomic E-state index is 4.09. The molecule has 0 atom stereocenters. The van der Waals surface area contributed by atoms with Gasteiger partial charge in [-0.25, -0.2) is 0 Å². The zero-order valence-electron chi connectivity index (χ0n) is 6.67. The van der Waals surface area contributed by atoms with E-state index in [2.05, 4.69) is 24.1 Å². The summed E-state index contributed by atoms with van der Waals surface area (Å²) in [6, 6.07) is 2.12. The van der Waals surface area contributed by atoms with E-state index in [4.69, 9.17) is 0 Å². The van der Waals surface area contributed by atoms with E-state index in [-0.39, 0.29) is 0 Å². The summed E-state index contributed by atoms with van der Waals surface area (Å²) in [5.41, 5.74) is 4.31. The van der Waals surface area contributed by atoms with Crippen LogP contribution in [-0.2, 0) is 12.8 Å². The third-order valence-electron chi connectivity index (χ3n) is 2.14. The molecule has 0 unspecified atom stereocenters. The van der Waals surface area contributed by atoms with E-state index in [9.17, 15) is 0 Å². The van der Waals surface area contributed by atoms with Gasteiger partial charge >= 0.3 is 0 Å². The van der Waals surface area contributed by atoms with E-state index < -0.39 is 0 Å². The third kappa shape index (κ3) is 1.18. The molecule has 0 radical (unpaired) electrons. The van der Waals surface area contributed by atoms with E-state index in [0.717, 1.165) is 12.8 Å². The smallest absolute Gasteiger partial charge is 0.0305 e. The summed E-state index contributed by atoms with van der Waals surface area (Å²) in [4.78, 5) is 4.09. The predicted octanol–water partition coefficient (Wildman–Crippen LogP) is 2.13. The van der Waals surface area contributed by atoms with Crippen molar-refractivity contribution in [2.24, 2.45) is 0 Å². The van der Waals surface area contributed by atoms with Gasteiger partial charge in [-0.2, -0.15) is 0 Å². The zero-order valence-corrected chi connectivity index (χ0v) is 6.67. The number of pyridine rings is 1. The Labute approximate surface area is 66.8 Å². The lowest BCUT2D eigenvalue weighted by atomic mass is 9.94. The molecule has 0 aromatic carbocycles. The van der Waals surface area contributed by atoms with Crippen molar-refractivity contribution >= 4 is 0 Å². The molecular formula is C10H11N. The molecular weight excluding hydrogens is 134 g/mol. The van der Waals surface area contributed by atoms with E-state index in [1.165, 1.54) is 16.7 Å². The van der Waals surface area contributed by atoms with Crippen LogP contribution in [0.25, 0.3) is 0 Å². The number of hydrogen-bond donors (Lipinski definition) is 0. The van der Waals surface area contributed by atoms with Crippen LogP contribution in [-0.4, -0.2) is 4.98 Å². The second-order valence-corrected chi connectivity index (χ2v) is 3.08. The highest BCUT2D eigenvalue weighted by Crippen LogP contribution is 2.18. The van der Waals surface area contributed by atoms with Gasteiger partial charge in [-0.05, 0) is 37.0 Å². The minimum atomic E-state index is 1.06. The van der Waals surface area contributed by atoms with E-state index in [0.29, 0.717) is 0 Å². The summed E-state index contributed by atoms with van der Waals surface area (Å²) in [5.74, 6) is 0. The Morgan fingerprint density at radius 3 is 3.18 bits per heavy atom. The van der Waals surface area contributed by atoms with Gasteiger partial charge in [-0.15, -0.1) is 0 Å². The van der Waals surface area contributed by atoms with Crippen molar-refractivity contribution in [2.75, 3.05) is 0 Å². The largest absolute Gasteiger partial charge is 0.264 e. The van der Waals surface area contributed by atoms with Crippen LogP contribution >= 0.6 is 0 Å². The van der Waals surface area contributed by atoms with Crippen molar-refractivity contribution in [1.29, 1.82) is 0 Å². The molecule has 0 aliphatic heterocycles. The number of rotatable bonds is 0. The van der Waals surface area contributed by atoms with Crippen LogP contribution in [0.4, 0.5) is 0 Å². The Hall–Kier alpha value is -1.11. The molecule has 1 aliphatic carbocycles. The van der Waals surface area contributed by atoms with Gasteiger partial charge in [0, 0.05) is 12.4 Å². The zero-order chi connectivity index (χ0) is 7.68. The van der Waals surface area contributed by atoms with Gasteiger partial charge in [0.25, 0.3) is 0 Å². The monoisotopic (exact) mass is 145 g/mol. The van der Waals surface area contributed by atoms with Crippen molar-refractivity contribution < 1.29 is 0 Å². The molecule has 0 bridgehead atoms. The first-order chi connectivity index (χ1) is 5.36. The summed E-state index contributed by atoms with van der Waals surface area (Å²) in [6.07, 6.45) is 8.30. The molecule has 1 heterocycles. The minimum absolute atomic E-state index is 1.06. The average molecular weight is 145 g/mol. The Morgan fingerprint density at radius 1 is 1.36 bits per heavy atom. The highest BCUT2D eigenvalue weighted by Gasteiger charge is 2.06. The van der Waals surface area contributed by atoms with Gasteiger partial charge in [-0.3, -0.25) is 4.98 Å². The van der Waals surface area contributed by atoms with E-state index >= 15 is 0 Å². The molecule has 0 saturated heterocycles. The first-order valence-corrected chi connectivity index (χ1v) is 3.93. The van der Waals surface area contributed by atoms with Gasteiger partial charge in [0.1, 0.15) is 0 Å². The fraction of sp³-hybridized carbons (Fsp3) is 0.300. The lowest BCUT2D eigenvalue weighted by Crippen LogP contribution is -2.00. The molecule has 56 valence electrons. The Kier molecular flexibility index (Phi) is 1.50. The Bertz CT molecular complexity index is 299. The summed E-state index contributed by atoms with van der Waals surface area (Å²) in [5, 5.41) is 0. The normalized spacial score (nSPS) is 15.5. The number of fused-ring (bicyclic) bond motifs is 1. The highest BCUT2D eigenvalue weighted by atomic mass is 14.6. The van der Waals surface area contributed by atoms with Gasteiger partial charge in [0.15, 0.2) is 0 Å². The van der Waals surface area contributed by atoms with Crippen LogP contribution in [0, 0.1) is 0 Å². The van der Waals surface area contributed by atoms with E-state index in [1.807, 2.05) is 12.4 Å². The summed E-state index contributed by atoms with van der Waals surface area (Å²) in [7, 11) is 0. The highest BCUT2D eigenvalue weighted by molar-refractivity contribution is 5.33. The first kappa shape index (κ1) is 6.59. The number of allylic oxidation sites excluding steroid dienone is 2. The molecule has 0 fully saturated rings. The quantitative estimate of drug-likeness (QED) is 0.509. The Morgan fingerprint density at radius 2 is 2.27 bits per heavy atom. The molecule has 1 aliphatic rings. The lowest BCUT2D eigenvalue weighted by Gasteiger charge is -2.12. The van der Waals surface area contributed by atoms with Gasteiger partial charge in [-0.1, -0.05) is 11.6 Å². The SMILES string of the molecule is CC1=CCc2cnccc2C1. The summed E-state index contributed by atoms with van der Waals surface area (Å²) < 4.78 is 0. The number of aromatic nitrogens is 1. The molecule has 1 aromatic rings. The topological polar surface area (TPSA) is 12.9 Å². The van der Waals surface area contributed by atoms with Crippen molar-refractivity contribution in [3.63, 3.8) is 0 Å². The molecule has 0 spiro atoms. The van der Waals surface area contributed by atoms with Gasteiger partial charge < -0.3 is 0 Å². The predicted molar refractivity (Wildman–Crippen MR) is 45.4 cm³/mol. The van der Waals surface area contributed by atoms with Crippen molar-refractivity contribution in [3.05, 3.63) is 41.2 Å². The van der Waals surface area contributed by atoms with Crippen LogP contribution in [0.5, 0.6) is 0 Å². The fourth-order valence-corrected chi connectivity index (χ4v) is 1.47. The summed E-state index contributed by atoms with van der Waals surface area (Å²) >= 11 is 0. The average Bonchev–Trinajstić information content (AvgIpc) is 2.04. The van der Waals surface area contributed by atoms with Crippen molar-refractivity contribution in [1.82, 2.24) is 4.98 Å². The van der Waals surface area contributed by atoms with Crippen LogP contribution < -0.4 is 0 Å². The second kappa shape index (κ2) is 2.50. The van der Waals surface area contributed by atoms with Crippen molar-refractivity contribution in [3.8, 4) is 0 Å². The van der Waals surface area contributed by atoms with Crippen LogP contribution in [0.3, 0.4) is 0 Å². The molecule has 1 heteroatoms. The van der Waals surface area contributed by atoms with Crippen LogP contribution in [0.1, 0.15) is 18.1 Å². The minimum Gasteiger partial charge on any atom is -0.264 e. The first-order valence-electron chi connectivity index (χ1n) is 3.93. The fourth-order valence-electron chi connectivity index (χ4n) is 1.47. The second-order valence-electron chi connectivity index (χ2n) is 3.08.